The predicted octanol–water partition coefficient (Wildman–Crippen LogP) is 0.309. The largest absolute Gasteiger partial charge is 0.265 e. The number of hydrogen-bond acceptors (Lipinski definition) is 5. The molecule has 0 aromatic carbocycles. The normalized spacial score (nSPS) is 11.3. The molecule has 2 heterocycles. The molecule has 16 heavy (non-hydrogen) atoms. The third kappa shape index (κ3) is 2.16. The van der Waals surface area contributed by atoms with E-state index < -0.39 is 10.0 Å². The Morgan fingerprint density at radius 3 is 2.81 bits per heavy atom. The zero-order chi connectivity index (χ0) is 11.6. The lowest BCUT2D eigenvalue weighted by atomic mass is 10.5. The van der Waals surface area contributed by atoms with Gasteiger partial charge in [-0.15, -0.1) is 5.10 Å². The van der Waals surface area contributed by atoms with Crippen LogP contribution in [-0.2, 0) is 10.0 Å². The summed E-state index contributed by atoms with van der Waals surface area (Å²) in [5.74, 6) is 0.547. The molecule has 0 unspecified atom stereocenters. The fourth-order valence-corrected chi connectivity index (χ4v) is 1.98. The molecule has 0 radical (unpaired) electrons. The summed E-state index contributed by atoms with van der Waals surface area (Å²) in [4.78, 5) is 7.64. The summed E-state index contributed by atoms with van der Waals surface area (Å²) in [5.41, 5.74) is 0. The van der Waals surface area contributed by atoms with Crippen LogP contribution < -0.4 is 4.72 Å². The van der Waals surface area contributed by atoms with Crippen molar-refractivity contribution in [3.8, 4) is 0 Å². The maximum Gasteiger partial charge on any atom is 0.265 e. The van der Waals surface area contributed by atoms with E-state index in [2.05, 4.69) is 24.9 Å². The fourth-order valence-electron chi connectivity index (χ4n) is 1.07. The quantitative estimate of drug-likeness (QED) is 0.802. The molecule has 0 amide bonds. The molecule has 0 saturated carbocycles. The van der Waals surface area contributed by atoms with E-state index in [1.165, 1.54) is 24.5 Å². The van der Waals surface area contributed by atoms with Crippen LogP contribution in [0.3, 0.4) is 0 Å². The SMILES string of the molecule is Cc1nc(NS(=O)(=O)c2cccnc2)n[nH]1. The highest BCUT2D eigenvalue weighted by atomic mass is 32.2. The number of aromatic nitrogens is 4. The smallest absolute Gasteiger partial charge is 0.263 e. The molecule has 8 heteroatoms. The van der Waals surface area contributed by atoms with Gasteiger partial charge in [0.1, 0.15) is 10.7 Å². The topological polar surface area (TPSA) is 101 Å². The summed E-state index contributed by atoms with van der Waals surface area (Å²) in [7, 11) is -3.66. The number of anilines is 1. The van der Waals surface area contributed by atoms with E-state index in [1.807, 2.05) is 0 Å². The lowest BCUT2D eigenvalue weighted by molar-refractivity contribution is 0.600. The minimum absolute atomic E-state index is 0.0151. The third-order valence-electron chi connectivity index (χ3n) is 1.77. The first kappa shape index (κ1) is 10.6. The molecule has 2 aromatic heterocycles. The second-order valence-electron chi connectivity index (χ2n) is 3.04. The van der Waals surface area contributed by atoms with Gasteiger partial charge in [0, 0.05) is 12.4 Å². The zero-order valence-electron chi connectivity index (χ0n) is 8.38. The van der Waals surface area contributed by atoms with Crippen molar-refractivity contribution in [2.24, 2.45) is 0 Å². The molecule has 0 atom stereocenters. The van der Waals surface area contributed by atoms with Gasteiger partial charge >= 0.3 is 0 Å². The summed E-state index contributed by atoms with van der Waals surface area (Å²) in [6.07, 6.45) is 2.75. The van der Waals surface area contributed by atoms with E-state index >= 15 is 0 Å². The molecule has 0 fully saturated rings. The lowest BCUT2D eigenvalue weighted by Gasteiger charge is -2.02. The Morgan fingerprint density at radius 2 is 2.25 bits per heavy atom. The van der Waals surface area contributed by atoms with Gasteiger partial charge in [-0.1, -0.05) is 0 Å². The van der Waals surface area contributed by atoms with Crippen LogP contribution in [-0.4, -0.2) is 28.6 Å². The summed E-state index contributed by atoms with van der Waals surface area (Å²) in [6.45, 7) is 1.68. The van der Waals surface area contributed by atoms with Crippen molar-refractivity contribution in [3.63, 3.8) is 0 Å². The average molecular weight is 239 g/mol. The number of rotatable bonds is 3. The molecular weight excluding hydrogens is 230 g/mol. The highest BCUT2D eigenvalue weighted by molar-refractivity contribution is 7.92. The monoisotopic (exact) mass is 239 g/mol. The van der Waals surface area contributed by atoms with Crippen LogP contribution in [0.5, 0.6) is 0 Å². The van der Waals surface area contributed by atoms with E-state index in [9.17, 15) is 8.42 Å². The Kier molecular flexibility index (Phi) is 2.57. The number of hydrogen-bond donors (Lipinski definition) is 2. The van der Waals surface area contributed by atoms with Gasteiger partial charge in [0.2, 0.25) is 0 Å². The second-order valence-corrected chi connectivity index (χ2v) is 4.72. The van der Waals surface area contributed by atoms with E-state index in [0.29, 0.717) is 5.82 Å². The molecular formula is C8H9N5O2S. The molecule has 0 bridgehead atoms. The molecule has 0 aliphatic carbocycles. The molecule has 0 spiro atoms. The highest BCUT2D eigenvalue weighted by Crippen LogP contribution is 2.10. The van der Waals surface area contributed by atoms with Crippen molar-refractivity contribution in [2.45, 2.75) is 11.8 Å². The van der Waals surface area contributed by atoms with Gasteiger partial charge in [-0.25, -0.2) is 13.1 Å². The first-order chi connectivity index (χ1) is 7.58. The fraction of sp³-hybridized carbons (Fsp3) is 0.125. The highest BCUT2D eigenvalue weighted by Gasteiger charge is 2.15. The average Bonchev–Trinajstić information content (AvgIpc) is 2.64. The minimum Gasteiger partial charge on any atom is -0.263 e. The summed E-state index contributed by atoms with van der Waals surface area (Å²) in [5, 5.41) is 6.22. The van der Waals surface area contributed by atoms with Crippen molar-refractivity contribution >= 4 is 16.0 Å². The molecule has 0 aliphatic rings. The molecule has 2 N–H and O–H groups in total. The van der Waals surface area contributed by atoms with E-state index in [-0.39, 0.29) is 10.8 Å². The molecule has 84 valence electrons. The van der Waals surface area contributed by atoms with Crippen LogP contribution in [0.25, 0.3) is 0 Å². The zero-order valence-corrected chi connectivity index (χ0v) is 9.19. The van der Waals surface area contributed by atoms with E-state index in [1.54, 1.807) is 6.92 Å². The van der Waals surface area contributed by atoms with E-state index in [4.69, 9.17) is 0 Å². The van der Waals surface area contributed by atoms with Crippen molar-refractivity contribution in [3.05, 3.63) is 30.4 Å². The lowest BCUT2D eigenvalue weighted by Crippen LogP contribution is -2.14. The Labute approximate surface area is 92.0 Å². The van der Waals surface area contributed by atoms with Crippen molar-refractivity contribution < 1.29 is 8.42 Å². The predicted molar refractivity (Wildman–Crippen MR) is 56.2 cm³/mol. The van der Waals surface area contributed by atoms with Gasteiger partial charge in [-0.05, 0) is 19.1 Å². The number of aryl methyl sites for hydroxylation is 1. The van der Waals surface area contributed by atoms with Crippen molar-refractivity contribution in [2.75, 3.05) is 4.72 Å². The first-order valence-corrected chi connectivity index (χ1v) is 5.88. The summed E-state index contributed by atoms with van der Waals surface area (Å²) < 4.78 is 25.8. The molecule has 7 nitrogen and oxygen atoms in total. The van der Waals surface area contributed by atoms with Crippen LogP contribution in [0.4, 0.5) is 5.95 Å². The van der Waals surface area contributed by atoms with Crippen molar-refractivity contribution in [1.29, 1.82) is 0 Å². The number of nitrogens with zero attached hydrogens (tertiary/aromatic N) is 3. The molecule has 0 saturated heterocycles. The minimum atomic E-state index is -3.66. The van der Waals surface area contributed by atoms with Crippen LogP contribution in [0.1, 0.15) is 5.82 Å². The molecule has 0 aliphatic heterocycles. The van der Waals surface area contributed by atoms with Gasteiger partial charge in [0.15, 0.2) is 0 Å². The standard InChI is InChI=1S/C8H9N5O2S/c1-6-10-8(12-11-6)13-16(14,15)7-3-2-4-9-5-7/h2-5H,1H3,(H2,10,11,12,13). The third-order valence-corrected chi connectivity index (χ3v) is 3.08. The summed E-state index contributed by atoms with van der Waals surface area (Å²) >= 11 is 0. The maximum absolute atomic E-state index is 11.8. The number of H-pyrrole nitrogens is 1. The number of nitrogens with one attached hydrogen (secondary N) is 2. The number of pyridine rings is 1. The maximum atomic E-state index is 11.8. The summed E-state index contributed by atoms with van der Waals surface area (Å²) in [6, 6.07) is 2.98. The van der Waals surface area contributed by atoms with Crippen LogP contribution in [0.2, 0.25) is 0 Å². The second kappa shape index (κ2) is 3.89. The van der Waals surface area contributed by atoms with Gasteiger partial charge in [0.05, 0.1) is 0 Å². The van der Waals surface area contributed by atoms with Gasteiger partial charge < -0.3 is 0 Å². The Balaban J connectivity index is 2.28. The Bertz CT molecular complexity index is 577. The van der Waals surface area contributed by atoms with Crippen molar-refractivity contribution in [1.82, 2.24) is 20.2 Å². The Hall–Kier alpha value is -1.96. The van der Waals surface area contributed by atoms with Gasteiger partial charge in [0.25, 0.3) is 16.0 Å². The van der Waals surface area contributed by atoms with Gasteiger partial charge in [-0.3, -0.25) is 10.1 Å². The molecule has 2 rings (SSSR count). The number of aromatic amines is 1. The first-order valence-electron chi connectivity index (χ1n) is 4.40. The van der Waals surface area contributed by atoms with Crippen LogP contribution in [0, 0.1) is 6.92 Å². The van der Waals surface area contributed by atoms with Crippen LogP contribution in [0.15, 0.2) is 29.4 Å². The van der Waals surface area contributed by atoms with Crippen LogP contribution >= 0.6 is 0 Å². The van der Waals surface area contributed by atoms with Gasteiger partial charge in [-0.2, -0.15) is 4.98 Å². The Morgan fingerprint density at radius 1 is 1.44 bits per heavy atom. The molecule has 2 aromatic rings. The number of sulfonamides is 1. The van der Waals surface area contributed by atoms with E-state index in [0.717, 1.165) is 0 Å².